The molecule has 0 aliphatic carbocycles. The minimum absolute atomic E-state index is 0.687. The molecule has 112 valence electrons. The van der Waals surface area contributed by atoms with Crippen molar-refractivity contribution in [2.75, 3.05) is 6.54 Å². The molecule has 2 aromatic rings. The second kappa shape index (κ2) is 6.72. The normalized spacial score (nSPS) is 10.7. The number of aromatic nitrogens is 1. The van der Waals surface area contributed by atoms with Crippen LogP contribution in [0.25, 0.3) is 0 Å². The first kappa shape index (κ1) is 15.5. The minimum atomic E-state index is 0.687. The quantitative estimate of drug-likeness (QED) is 0.892. The molecule has 0 bridgehead atoms. The van der Waals surface area contributed by atoms with Crippen LogP contribution in [0.3, 0.4) is 0 Å². The van der Waals surface area contributed by atoms with Gasteiger partial charge in [0.15, 0.2) is 0 Å². The summed E-state index contributed by atoms with van der Waals surface area (Å²) in [6.45, 7) is 12.2. The standard InChI is InChI=1S/C18H24N2O/c1-6-19-10-16-9-14(4)18(20-11-16)21-17-13(3)8-7-12(2)15(17)5/h7-9,11,19H,6,10H2,1-5H3. The van der Waals surface area contributed by atoms with E-state index in [1.807, 2.05) is 13.1 Å². The molecule has 0 unspecified atom stereocenters. The number of hydrogen-bond acceptors (Lipinski definition) is 3. The highest BCUT2D eigenvalue weighted by Crippen LogP contribution is 2.31. The maximum absolute atomic E-state index is 6.08. The number of nitrogens with one attached hydrogen (secondary N) is 1. The Labute approximate surface area is 127 Å². The van der Waals surface area contributed by atoms with E-state index < -0.39 is 0 Å². The lowest BCUT2D eigenvalue weighted by molar-refractivity contribution is 0.451. The molecule has 1 N–H and O–H groups in total. The van der Waals surface area contributed by atoms with E-state index in [1.54, 1.807) is 0 Å². The van der Waals surface area contributed by atoms with Crippen LogP contribution in [-0.2, 0) is 6.54 Å². The maximum Gasteiger partial charge on any atom is 0.222 e. The van der Waals surface area contributed by atoms with Crippen molar-refractivity contribution < 1.29 is 4.74 Å². The lowest BCUT2D eigenvalue weighted by Gasteiger charge is -2.15. The van der Waals surface area contributed by atoms with Gasteiger partial charge >= 0.3 is 0 Å². The minimum Gasteiger partial charge on any atom is -0.438 e. The van der Waals surface area contributed by atoms with Gasteiger partial charge in [-0.15, -0.1) is 0 Å². The monoisotopic (exact) mass is 284 g/mol. The van der Waals surface area contributed by atoms with E-state index in [-0.39, 0.29) is 0 Å². The van der Waals surface area contributed by atoms with Gasteiger partial charge in [0.2, 0.25) is 5.88 Å². The summed E-state index contributed by atoms with van der Waals surface area (Å²) in [4.78, 5) is 4.48. The molecule has 0 spiro atoms. The molecule has 1 aromatic heterocycles. The molecule has 1 heterocycles. The van der Waals surface area contributed by atoms with E-state index >= 15 is 0 Å². The Morgan fingerprint density at radius 1 is 1.05 bits per heavy atom. The average molecular weight is 284 g/mol. The van der Waals surface area contributed by atoms with Crippen molar-refractivity contribution in [3.05, 3.63) is 52.2 Å². The molecule has 0 amide bonds. The largest absolute Gasteiger partial charge is 0.438 e. The number of aryl methyl sites for hydroxylation is 3. The zero-order valence-corrected chi connectivity index (χ0v) is 13.6. The maximum atomic E-state index is 6.08. The lowest BCUT2D eigenvalue weighted by Crippen LogP contribution is -2.12. The van der Waals surface area contributed by atoms with Crippen molar-refractivity contribution in [1.29, 1.82) is 0 Å². The van der Waals surface area contributed by atoms with E-state index in [2.05, 4.69) is 56.2 Å². The summed E-state index contributed by atoms with van der Waals surface area (Å²) in [5, 5.41) is 3.31. The first-order valence-corrected chi connectivity index (χ1v) is 7.43. The van der Waals surface area contributed by atoms with Crippen LogP contribution >= 0.6 is 0 Å². The molecule has 0 fully saturated rings. The van der Waals surface area contributed by atoms with Gasteiger partial charge < -0.3 is 10.1 Å². The van der Waals surface area contributed by atoms with Crippen molar-refractivity contribution in [3.63, 3.8) is 0 Å². The van der Waals surface area contributed by atoms with Crippen LogP contribution in [-0.4, -0.2) is 11.5 Å². The van der Waals surface area contributed by atoms with Crippen molar-refractivity contribution in [3.8, 4) is 11.6 Å². The van der Waals surface area contributed by atoms with Crippen LogP contribution in [0, 0.1) is 27.7 Å². The molecule has 3 heteroatoms. The van der Waals surface area contributed by atoms with Crippen LogP contribution in [0.5, 0.6) is 11.6 Å². The summed E-state index contributed by atoms with van der Waals surface area (Å²) < 4.78 is 6.08. The molecule has 3 nitrogen and oxygen atoms in total. The molecule has 0 saturated heterocycles. The van der Waals surface area contributed by atoms with Gasteiger partial charge in [0.25, 0.3) is 0 Å². The number of nitrogens with zero attached hydrogens (tertiary/aromatic N) is 1. The third-order valence-electron chi connectivity index (χ3n) is 3.74. The fourth-order valence-electron chi connectivity index (χ4n) is 2.27. The van der Waals surface area contributed by atoms with Gasteiger partial charge in [0, 0.05) is 18.3 Å². The van der Waals surface area contributed by atoms with Crippen molar-refractivity contribution in [1.82, 2.24) is 10.3 Å². The molecule has 0 radical (unpaired) electrons. The Bertz CT molecular complexity index is 635. The van der Waals surface area contributed by atoms with Gasteiger partial charge in [0.05, 0.1) is 0 Å². The Hall–Kier alpha value is -1.87. The van der Waals surface area contributed by atoms with Crippen LogP contribution in [0.4, 0.5) is 0 Å². The number of benzene rings is 1. The molecule has 2 rings (SSSR count). The van der Waals surface area contributed by atoms with Crippen LogP contribution in [0.1, 0.15) is 34.7 Å². The zero-order valence-electron chi connectivity index (χ0n) is 13.6. The Morgan fingerprint density at radius 2 is 1.76 bits per heavy atom. The number of rotatable bonds is 5. The van der Waals surface area contributed by atoms with E-state index in [1.165, 1.54) is 16.7 Å². The number of pyridine rings is 1. The highest BCUT2D eigenvalue weighted by atomic mass is 16.5. The summed E-state index contributed by atoms with van der Waals surface area (Å²) in [6, 6.07) is 6.34. The predicted octanol–water partition coefficient (Wildman–Crippen LogP) is 4.22. The van der Waals surface area contributed by atoms with Crippen LogP contribution in [0.2, 0.25) is 0 Å². The highest BCUT2D eigenvalue weighted by Gasteiger charge is 2.10. The zero-order chi connectivity index (χ0) is 15.4. The SMILES string of the molecule is CCNCc1cnc(Oc2c(C)ccc(C)c2C)c(C)c1. The number of ether oxygens (including phenoxy) is 1. The topological polar surface area (TPSA) is 34.2 Å². The first-order chi connectivity index (χ1) is 10.0. The van der Waals surface area contributed by atoms with E-state index in [9.17, 15) is 0 Å². The van der Waals surface area contributed by atoms with E-state index in [0.717, 1.165) is 30.0 Å². The van der Waals surface area contributed by atoms with Gasteiger partial charge in [-0.2, -0.15) is 0 Å². The second-order valence-electron chi connectivity index (χ2n) is 5.50. The van der Waals surface area contributed by atoms with Crippen molar-refractivity contribution in [2.45, 2.75) is 41.2 Å². The summed E-state index contributed by atoms with van der Waals surface area (Å²) in [5.41, 5.74) is 5.78. The van der Waals surface area contributed by atoms with Crippen molar-refractivity contribution in [2.24, 2.45) is 0 Å². The van der Waals surface area contributed by atoms with Gasteiger partial charge in [-0.3, -0.25) is 0 Å². The smallest absolute Gasteiger partial charge is 0.222 e. The summed E-state index contributed by atoms with van der Waals surface area (Å²) >= 11 is 0. The number of hydrogen-bond donors (Lipinski definition) is 1. The third-order valence-corrected chi connectivity index (χ3v) is 3.74. The van der Waals surface area contributed by atoms with Crippen molar-refractivity contribution >= 4 is 0 Å². The lowest BCUT2D eigenvalue weighted by atomic mass is 10.1. The highest BCUT2D eigenvalue weighted by molar-refractivity contribution is 5.47. The molecule has 21 heavy (non-hydrogen) atoms. The molecular formula is C18H24N2O. The van der Waals surface area contributed by atoms with E-state index in [0.29, 0.717) is 5.88 Å². The summed E-state index contributed by atoms with van der Waals surface area (Å²) in [6.07, 6.45) is 1.88. The fourth-order valence-corrected chi connectivity index (χ4v) is 2.27. The average Bonchev–Trinajstić information content (AvgIpc) is 2.47. The van der Waals surface area contributed by atoms with Gasteiger partial charge in [0.1, 0.15) is 5.75 Å². The molecular weight excluding hydrogens is 260 g/mol. The molecule has 0 aliphatic heterocycles. The van der Waals surface area contributed by atoms with Gasteiger partial charge in [-0.25, -0.2) is 4.98 Å². The van der Waals surface area contributed by atoms with Gasteiger partial charge in [-0.05, 0) is 62.6 Å². The Balaban J connectivity index is 2.26. The first-order valence-electron chi connectivity index (χ1n) is 7.43. The van der Waals surface area contributed by atoms with Crippen LogP contribution in [0.15, 0.2) is 24.4 Å². The Kier molecular flexibility index (Phi) is 4.97. The van der Waals surface area contributed by atoms with Crippen LogP contribution < -0.4 is 10.1 Å². The third kappa shape index (κ3) is 3.61. The second-order valence-corrected chi connectivity index (χ2v) is 5.50. The van der Waals surface area contributed by atoms with E-state index in [4.69, 9.17) is 4.74 Å². The molecule has 0 saturated carbocycles. The summed E-state index contributed by atoms with van der Waals surface area (Å²) in [7, 11) is 0. The van der Waals surface area contributed by atoms with Gasteiger partial charge in [-0.1, -0.05) is 19.1 Å². The molecule has 1 aromatic carbocycles. The fraction of sp³-hybridized carbons (Fsp3) is 0.389. The Morgan fingerprint density at radius 3 is 2.43 bits per heavy atom. The molecule has 0 aliphatic rings. The predicted molar refractivity (Wildman–Crippen MR) is 87.1 cm³/mol. The summed E-state index contributed by atoms with van der Waals surface area (Å²) in [5.74, 6) is 1.61. The molecule has 0 atom stereocenters.